The van der Waals surface area contributed by atoms with Gasteiger partial charge in [0, 0.05) is 23.5 Å². The minimum Gasteiger partial charge on any atom is -0.458 e. The molecule has 0 amide bonds. The van der Waals surface area contributed by atoms with Gasteiger partial charge in [-0.05, 0) is 105 Å². The van der Waals surface area contributed by atoms with Crippen molar-refractivity contribution in [3.05, 3.63) is 22.9 Å². The Morgan fingerprint density at radius 2 is 1.96 bits per heavy atom. The summed E-state index contributed by atoms with van der Waals surface area (Å²) in [6.45, 7) is 2.53. The Balaban J connectivity index is 1.34. The number of esters is 1. The molecule has 5 fully saturated rings. The first-order valence-corrected chi connectivity index (χ1v) is 11.9. The normalized spacial score (nSPS) is 53.9. The van der Waals surface area contributed by atoms with Gasteiger partial charge >= 0.3 is 5.97 Å². The van der Waals surface area contributed by atoms with E-state index in [1.807, 2.05) is 0 Å². The van der Waals surface area contributed by atoms with Crippen molar-refractivity contribution < 1.29 is 9.53 Å². The third kappa shape index (κ3) is 1.86. The van der Waals surface area contributed by atoms with Crippen molar-refractivity contribution in [1.29, 1.82) is 0 Å². The lowest BCUT2D eigenvalue weighted by molar-refractivity contribution is -0.173. The number of rotatable bonds is 1. The average molecular weight is 380 g/mol. The third-order valence-electron chi connectivity index (χ3n) is 10.5. The largest absolute Gasteiger partial charge is 0.458 e. The molecule has 150 valence electrons. The van der Waals surface area contributed by atoms with Crippen LogP contribution in [0.25, 0.3) is 0 Å². The van der Waals surface area contributed by atoms with Gasteiger partial charge in [-0.25, -0.2) is 0 Å². The van der Waals surface area contributed by atoms with Crippen molar-refractivity contribution in [2.45, 2.75) is 76.7 Å². The van der Waals surface area contributed by atoms with E-state index in [9.17, 15) is 4.79 Å². The van der Waals surface area contributed by atoms with E-state index < -0.39 is 0 Å². The van der Waals surface area contributed by atoms with Crippen LogP contribution >= 0.6 is 0 Å². The number of hydrogen-bond donors (Lipinski definition) is 1. The van der Waals surface area contributed by atoms with Gasteiger partial charge in [0.25, 0.3) is 0 Å². The molecule has 7 rings (SSSR count). The number of allylic oxidation sites excluding steroid dienone is 4. The predicted octanol–water partition coefficient (Wildman–Crippen LogP) is 4.72. The minimum atomic E-state index is -0.107. The van der Waals surface area contributed by atoms with Crippen LogP contribution in [-0.2, 0) is 9.53 Å². The monoisotopic (exact) mass is 379 g/mol. The molecule has 0 aromatic heterocycles. The highest BCUT2D eigenvalue weighted by Gasteiger charge is 2.79. The lowest BCUT2D eigenvalue weighted by Gasteiger charge is -2.57. The van der Waals surface area contributed by atoms with Gasteiger partial charge in [0.05, 0.1) is 0 Å². The fourth-order valence-electron chi connectivity index (χ4n) is 9.38. The third-order valence-corrected chi connectivity index (χ3v) is 10.5. The summed E-state index contributed by atoms with van der Waals surface area (Å²) in [7, 11) is 0. The maximum atomic E-state index is 12.2. The molecule has 0 aromatic rings. The first-order chi connectivity index (χ1) is 13.5. The fourth-order valence-corrected chi connectivity index (χ4v) is 9.38. The molecule has 1 spiro atoms. The van der Waals surface area contributed by atoms with Crippen molar-refractivity contribution in [3.8, 4) is 0 Å². The predicted molar refractivity (Wildman–Crippen MR) is 107 cm³/mol. The first kappa shape index (κ1) is 16.5. The van der Waals surface area contributed by atoms with E-state index in [0.717, 1.165) is 54.0 Å². The molecular formula is C25H33NO2. The van der Waals surface area contributed by atoms with Crippen LogP contribution in [0.5, 0.6) is 0 Å². The van der Waals surface area contributed by atoms with E-state index >= 15 is 0 Å². The van der Waals surface area contributed by atoms with Crippen LogP contribution in [0.2, 0.25) is 0 Å². The van der Waals surface area contributed by atoms with Gasteiger partial charge in [0.2, 0.25) is 0 Å². The molecular weight excluding hydrogens is 346 g/mol. The van der Waals surface area contributed by atoms with Crippen LogP contribution in [0.4, 0.5) is 0 Å². The Kier molecular flexibility index (Phi) is 3.00. The highest BCUT2D eigenvalue weighted by atomic mass is 16.6. The molecule has 6 aliphatic carbocycles. The van der Waals surface area contributed by atoms with Crippen LogP contribution < -0.4 is 5.73 Å². The van der Waals surface area contributed by atoms with Crippen LogP contribution in [0.1, 0.15) is 71.1 Å². The van der Waals surface area contributed by atoms with E-state index in [0.29, 0.717) is 12.3 Å². The van der Waals surface area contributed by atoms with Gasteiger partial charge < -0.3 is 10.5 Å². The van der Waals surface area contributed by atoms with Gasteiger partial charge in [0.1, 0.15) is 5.60 Å². The van der Waals surface area contributed by atoms with Crippen LogP contribution in [0.15, 0.2) is 22.9 Å². The van der Waals surface area contributed by atoms with E-state index in [2.05, 4.69) is 13.0 Å². The molecule has 0 bridgehead atoms. The molecule has 0 radical (unpaired) electrons. The Morgan fingerprint density at radius 1 is 1.11 bits per heavy atom. The SMILES string of the molecule is C[C@]12CCC3C4=C(C=C(N)CC4)CC(C4CC4)C3C1C1CC1[C@@]21CCC(=O)O1. The topological polar surface area (TPSA) is 52.3 Å². The maximum absolute atomic E-state index is 12.2. The summed E-state index contributed by atoms with van der Waals surface area (Å²) in [5, 5.41) is 0. The molecule has 1 aliphatic heterocycles. The second-order valence-electron chi connectivity index (χ2n) is 11.5. The Labute approximate surface area is 168 Å². The Morgan fingerprint density at radius 3 is 2.71 bits per heavy atom. The summed E-state index contributed by atoms with van der Waals surface area (Å²) in [6.07, 6.45) is 14.3. The zero-order chi connectivity index (χ0) is 18.8. The Bertz CT molecular complexity index is 837. The molecule has 1 saturated heterocycles. The van der Waals surface area contributed by atoms with Gasteiger partial charge in [-0.2, -0.15) is 0 Å². The highest BCUT2D eigenvalue weighted by Crippen LogP contribution is 2.79. The lowest BCUT2D eigenvalue weighted by Crippen LogP contribution is -2.55. The van der Waals surface area contributed by atoms with Crippen LogP contribution in [-0.4, -0.2) is 11.6 Å². The van der Waals surface area contributed by atoms with E-state index in [1.165, 1.54) is 44.9 Å². The van der Waals surface area contributed by atoms with Gasteiger partial charge in [-0.3, -0.25) is 4.79 Å². The van der Waals surface area contributed by atoms with E-state index in [4.69, 9.17) is 10.5 Å². The summed E-state index contributed by atoms with van der Waals surface area (Å²) in [5.41, 5.74) is 10.9. The second kappa shape index (κ2) is 5.08. The van der Waals surface area contributed by atoms with Crippen LogP contribution in [0, 0.1) is 46.8 Å². The summed E-state index contributed by atoms with van der Waals surface area (Å²) < 4.78 is 6.27. The van der Waals surface area contributed by atoms with Crippen molar-refractivity contribution in [2.75, 3.05) is 0 Å². The number of hydrogen-bond acceptors (Lipinski definition) is 3. The zero-order valence-electron chi connectivity index (χ0n) is 17.1. The van der Waals surface area contributed by atoms with Gasteiger partial charge in [0.15, 0.2) is 0 Å². The fraction of sp³-hybridized carbons (Fsp3) is 0.800. The Hall–Kier alpha value is -1.25. The first-order valence-electron chi connectivity index (χ1n) is 11.9. The summed E-state index contributed by atoms with van der Waals surface area (Å²) >= 11 is 0. The van der Waals surface area contributed by atoms with Crippen molar-refractivity contribution in [2.24, 2.45) is 52.6 Å². The molecule has 3 nitrogen and oxygen atoms in total. The zero-order valence-corrected chi connectivity index (χ0v) is 17.1. The highest BCUT2D eigenvalue weighted by molar-refractivity contribution is 5.73. The molecule has 2 N–H and O–H groups in total. The summed E-state index contributed by atoms with van der Waals surface area (Å²) in [5.74, 6) is 5.78. The lowest BCUT2D eigenvalue weighted by atomic mass is 9.48. The van der Waals surface area contributed by atoms with Crippen molar-refractivity contribution in [1.82, 2.24) is 0 Å². The summed E-state index contributed by atoms with van der Waals surface area (Å²) in [4.78, 5) is 12.2. The van der Waals surface area contributed by atoms with Gasteiger partial charge in [-0.1, -0.05) is 12.5 Å². The molecule has 6 unspecified atom stereocenters. The number of carbonyl (C=O) groups is 1. The average Bonchev–Trinajstić information content (AvgIpc) is 3.59. The molecule has 8 atom stereocenters. The van der Waals surface area contributed by atoms with Crippen molar-refractivity contribution in [3.63, 3.8) is 0 Å². The molecule has 0 aromatic carbocycles. The molecule has 3 heteroatoms. The van der Waals surface area contributed by atoms with Gasteiger partial charge in [-0.15, -0.1) is 0 Å². The minimum absolute atomic E-state index is 0.0786. The number of nitrogens with two attached hydrogens (primary N) is 1. The molecule has 7 aliphatic rings. The smallest absolute Gasteiger partial charge is 0.306 e. The van der Waals surface area contributed by atoms with Crippen LogP contribution in [0.3, 0.4) is 0 Å². The van der Waals surface area contributed by atoms with Crippen molar-refractivity contribution >= 4 is 5.97 Å². The number of fused-ring (bicyclic) bond motifs is 8. The standard InChI is InChI=1S/C25H33NO2/c1-24-8-6-17-16-5-4-15(26)10-14(16)11-18(13-2-3-13)22(17)23(24)19-12-20(19)25(24)9-7-21(27)28-25/h10,13,17-20,22-23H,2-9,11-12,26H2,1H3/t17?,18?,19?,20?,22?,23?,24-,25-/m0/s1. The quantitative estimate of drug-likeness (QED) is 0.671. The molecule has 4 saturated carbocycles. The summed E-state index contributed by atoms with van der Waals surface area (Å²) in [6, 6.07) is 0. The number of carbonyl (C=O) groups excluding carboxylic acids is 1. The maximum Gasteiger partial charge on any atom is 0.306 e. The second-order valence-corrected chi connectivity index (χ2v) is 11.5. The van der Waals surface area contributed by atoms with E-state index in [1.54, 1.807) is 11.1 Å². The number of ether oxygens (including phenoxy) is 1. The molecule has 1 heterocycles. The molecule has 28 heavy (non-hydrogen) atoms. The van der Waals surface area contributed by atoms with E-state index in [-0.39, 0.29) is 17.0 Å².